The van der Waals surface area contributed by atoms with E-state index in [4.69, 9.17) is 21.4 Å². The molecule has 23 heavy (non-hydrogen) atoms. The molecule has 0 spiro atoms. The summed E-state index contributed by atoms with van der Waals surface area (Å²) in [5.41, 5.74) is 5.97. The number of aromatic hydroxyl groups is 2. The van der Waals surface area contributed by atoms with Gasteiger partial charge < -0.3 is 15.9 Å². The Morgan fingerprint density at radius 3 is 1.09 bits per heavy atom. The van der Waals surface area contributed by atoms with Crippen molar-refractivity contribution in [2.45, 2.75) is 0 Å². The highest BCUT2D eigenvalue weighted by Crippen LogP contribution is 2.03. The van der Waals surface area contributed by atoms with Gasteiger partial charge in [0.15, 0.2) is 0 Å². The monoisotopic (exact) mass is 308 g/mol. The number of nitrogens with one attached hydrogen (secondary N) is 1. The van der Waals surface area contributed by atoms with Crippen LogP contribution >= 0.6 is 0 Å². The summed E-state index contributed by atoms with van der Waals surface area (Å²) in [6.45, 7) is 0. The molecular formula is C19H20N2O2. The van der Waals surface area contributed by atoms with E-state index < -0.39 is 0 Å². The first-order chi connectivity index (χ1) is 11.1. The van der Waals surface area contributed by atoms with Crippen LogP contribution < -0.4 is 5.73 Å². The fraction of sp³-hybridized carbons (Fsp3) is 0. The maximum absolute atomic E-state index is 8.63. The first-order valence-electron chi connectivity index (χ1n) is 6.97. The molecule has 4 nitrogen and oxygen atoms in total. The predicted octanol–water partition coefficient (Wildman–Crippen LogP) is 3.76. The molecule has 0 aliphatic carbocycles. The number of rotatable bonds is 1. The maximum Gasteiger partial charge on any atom is 0.122 e. The molecule has 0 saturated heterocycles. The number of benzene rings is 3. The number of para-hydroxylation sites is 2. The number of phenolic OH excluding ortho intramolecular Hbond substituents is 2. The largest absolute Gasteiger partial charge is 0.508 e. The third-order valence-corrected chi connectivity index (χ3v) is 2.60. The number of phenols is 2. The summed E-state index contributed by atoms with van der Waals surface area (Å²) in [4.78, 5) is 0. The zero-order valence-corrected chi connectivity index (χ0v) is 12.6. The van der Waals surface area contributed by atoms with Crippen molar-refractivity contribution >= 4 is 5.84 Å². The average Bonchev–Trinajstić information content (AvgIpc) is 2.58. The molecule has 0 bridgehead atoms. The molecule has 3 rings (SSSR count). The summed E-state index contributed by atoms with van der Waals surface area (Å²) < 4.78 is 0. The van der Waals surface area contributed by atoms with Gasteiger partial charge in [-0.3, -0.25) is 5.41 Å². The van der Waals surface area contributed by atoms with E-state index in [-0.39, 0.29) is 5.84 Å². The molecule has 0 aliphatic heterocycles. The lowest BCUT2D eigenvalue weighted by molar-refractivity contribution is 0.475. The highest BCUT2D eigenvalue weighted by molar-refractivity contribution is 5.94. The van der Waals surface area contributed by atoms with Gasteiger partial charge in [0.1, 0.15) is 17.3 Å². The third kappa shape index (κ3) is 8.57. The molecule has 0 fully saturated rings. The zero-order valence-electron chi connectivity index (χ0n) is 12.6. The molecule has 5 N–H and O–H groups in total. The van der Waals surface area contributed by atoms with Gasteiger partial charge >= 0.3 is 0 Å². The minimum Gasteiger partial charge on any atom is -0.508 e. The quantitative estimate of drug-likeness (QED) is 0.407. The molecule has 0 aliphatic rings. The lowest BCUT2D eigenvalue weighted by Crippen LogP contribution is -2.10. The molecule has 0 saturated carbocycles. The zero-order chi connectivity index (χ0) is 16.9. The first-order valence-corrected chi connectivity index (χ1v) is 6.97. The van der Waals surface area contributed by atoms with Crippen LogP contribution in [0.4, 0.5) is 0 Å². The van der Waals surface area contributed by atoms with Crippen LogP contribution in [0, 0.1) is 5.41 Å². The normalized spacial score (nSPS) is 8.70. The second-order valence-electron chi connectivity index (χ2n) is 4.45. The van der Waals surface area contributed by atoms with Crippen LogP contribution in [0.25, 0.3) is 0 Å². The fourth-order valence-electron chi connectivity index (χ4n) is 1.47. The van der Waals surface area contributed by atoms with Gasteiger partial charge in [0.2, 0.25) is 0 Å². The predicted molar refractivity (Wildman–Crippen MR) is 93.7 cm³/mol. The Morgan fingerprint density at radius 2 is 0.913 bits per heavy atom. The molecule has 0 unspecified atom stereocenters. The third-order valence-electron chi connectivity index (χ3n) is 2.60. The van der Waals surface area contributed by atoms with Crippen molar-refractivity contribution in [3.8, 4) is 11.5 Å². The van der Waals surface area contributed by atoms with Crippen molar-refractivity contribution in [1.29, 1.82) is 5.41 Å². The van der Waals surface area contributed by atoms with Gasteiger partial charge in [-0.2, -0.15) is 0 Å². The molecular weight excluding hydrogens is 288 g/mol. The fourth-order valence-corrected chi connectivity index (χ4v) is 1.47. The van der Waals surface area contributed by atoms with Gasteiger partial charge in [-0.15, -0.1) is 0 Å². The maximum atomic E-state index is 8.63. The summed E-state index contributed by atoms with van der Waals surface area (Å²) in [6.07, 6.45) is 0. The Morgan fingerprint density at radius 1 is 0.609 bits per heavy atom. The Bertz CT molecular complexity index is 634. The minimum atomic E-state index is 0.121. The molecule has 4 heteroatoms. The number of hydrogen-bond acceptors (Lipinski definition) is 3. The summed E-state index contributed by atoms with van der Waals surface area (Å²) in [5, 5.41) is 24.3. The lowest BCUT2D eigenvalue weighted by Gasteiger charge is -1.93. The van der Waals surface area contributed by atoms with Crippen LogP contribution in [0.1, 0.15) is 5.56 Å². The Hall–Kier alpha value is -3.27. The van der Waals surface area contributed by atoms with Crippen molar-refractivity contribution in [2.24, 2.45) is 5.73 Å². The SMILES string of the molecule is N=C(N)c1ccccc1.Oc1ccccc1.Oc1ccccc1. The molecule has 0 heterocycles. The topological polar surface area (TPSA) is 90.3 Å². The summed E-state index contributed by atoms with van der Waals surface area (Å²) in [6, 6.07) is 26.7. The molecule has 3 aromatic rings. The van der Waals surface area contributed by atoms with E-state index in [1.165, 1.54) is 0 Å². The van der Waals surface area contributed by atoms with E-state index in [2.05, 4.69) is 0 Å². The van der Waals surface area contributed by atoms with Crippen molar-refractivity contribution in [2.75, 3.05) is 0 Å². The number of amidine groups is 1. The van der Waals surface area contributed by atoms with Gasteiger partial charge in [-0.1, -0.05) is 66.7 Å². The number of nitrogen functional groups attached to an aromatic ring is 1. The van der Waals surface area contributed by atoms with E-state index in [0.717, 1.165) is 5.56 Å². The number of nitrogens with two attached hydrogens (primary N) is 1. The Kier molecular flexibility index (Phi) is 8.08. The van der Waals surface area contributed by atoms with E-state index in [1.54, 1.807) is 48.5 Å². The second-order valence-corrected chi connectivity index (χ2v) is 4.45. The van der Waals surface area contributed by atoms with Crippen LogP contribution in [0.5, 0.6) is 11.5 Å². The molecule has 0 atom stereocenters. The highest BCUT2D eigenvalue weighted by Gasteiger charge is 1.89. The van der Waals surface area contributed by atoms with E-state index >= 15 is 0 Å². The van der Waals surface area contributed by atoms with Gasteiger partial charge in [-0.05, 0) is 24.3 Å². The van der Waals surface area contributed by atoms with Crippen molar-refractivity contribution < 1.29 is 10.2 Å². The van der Waals surface area contributed by atoms with Crippen LogP contribution in [0.2, 0.25) is 0 Å². The van der Waals surface area contributed by atoms with Gasteiger partial charge in [-0.25, -0.2) is 0 Å². The van der Waals surface area contributed by atoms with Gasteiger partial charge in [0.25, 0.3) is 0 Å². The molecule has 0 radical (unpaired) electrons. The Labute approximate surface area is 136 Å². The average molecular weight is 308 g/mol. The first kappa shape index (κ1) is 17.8. The van der Waals surface area contributed by atoms with Gasteiger partial charge in [0, 0.05) is 5.56 Å². The smallest absolute Gasteiger partial charge is 0.122 e. The summed E-state index contributed by atoms with van der Waals surface area (Å²) in [7, 11) is 0. The van der Waals surface area contributed by atoms with Crippen molar-refractivity contribution in [3.05, 3.63) is 96.6 Å². The lowest BCUT2D eigenvalue weighted by atomic mass is 10.2. The molecule has 118 valence electrons. The minimum absolute atomic E-state index is 0.121. The van der Waals surface area contributed by atoms with E-state index in [0.29, 0.717) is 11.5 Å². The standard InChI is InChI=1S/C7H8N2.2C6H6O/c8-7(9)6-4-2-1-3-5-6;2*7-6-4-2-1-3-5-6/h1-5H,(H3,8,9);2*1-5,7H. The van der Waals surface area contributed by atoms with Gasteiger partial charge in [0.05, 0.1) is 0 Å². The van der Waals surface area contributed by atoms with Crippen LogP contribution in [0.15, 0.2) is 91.0 Å². The summed E-state index contributed by atoms with van der Waals surface area (Å²) >= 11 is 0. The Balaban J connectivity index is 0.000000175. The van der Waals surface area contributed by atoms with Crippen molar-refractivity contribution in [3.63, 3.8) is 0 Å². The summed E-state index contributed by atoms with van der Waals surface area (Å²) in [5.74, 6) is 0.764. The number of hydrogen-bond donors (Lipinski definition) is 4. The van der Waals surface area contributed by atoms with E-state index in [9.17, 15) is 0 Å². The van der Waals surface area contributed by atoms with E-state index in [1.807, 2.05) is 42.5 Å². The second kappa shape index (κ2) is 10.5. The van der Waals surface area contributed by atoms with Crippen LogP contribution in [-0.4, -0.2) is 16.0 Å². The molecule has 0 amide bonds. The van der Waals surface area contributed by atoms with Crippen molar-refractivity contribution in [1.82, 2.24) is 0 Å². The van der Waals surface area contributed by atoms with Crippen LogP contribution in [-0.2, 0) is 0 Å². The molecule has 0 aromatic heterocycles. The highest BCUT2D eigenvalue weighted by atomic mass is 16.3. The molecule has 3 aromatic carbocycles. The van der Waals surface area contributed by atoms with Crippen LogP contribution in [0.3, 0.4) is 0 Å².